The van der Waals surface area contributed by atoms with Gasteiger partial charge in [0, 0.05) is 17.2 Å². The molecular formula is C17H13F2N3O2S. The van der Waals surface area contributed by atoms with Crippen molar-refractivity contribution in [3.63, 3.8) is 0 Å². The number of aromatic amines is 2. The maximum atomic E-state index is 13.8. The van der Waals surface area contributed by atoms with Gasteiger partial charge in [0.1, 0.15) is 11.6 Å². The third-order valence-corrected chi connectivity index (χ3v) is 3.98. The first-order valence-electron chi connectivity index (χ1n) is 7.37. The zero-order valence-corrected chi connectivity index (χ0v) is 13.8. The Morgan fingerprint density at radius 3 is 2.64 bits per heavy atom. The maximum absolute atomic E-state index is 13.8. The van der Waals surface area contributed by atoms with Crippen LogP contribution in [0, 0.1) is 16.4 Å². The second-order valence-electron chi connectivity index (χ2n) is 5.53. The Labute approximate surface area is 145 Å². The summed E-state index contributed by atoms with van der Waals surface area (Å²) in [6, 6.07) is 6.98. The Bertz CT molecular complexity index is 1090. The van der Waals surface area contributed by atoms with Crippen molar-refractivity contribution in [2.45, 2.75) is 13.0 Å². The van der Waals surface area contributed by atoms with Crippen LogP contribution in [0.3, 0.4) is 0 Å². The van der Waals surface area contributed by atoms with E-state index in [9.17, 15) is 18.4 Å². The molecule has 1 atom stereocenters. The second-order valence-corrected chi connectivity index (χ2v) is 5.94. The van der Waals surface area contributed by atoms with Gasteiger partial charge in [-0.15, -0.1) is 0 Å². The predicted octanol–water partition coefficient (Wildman–Crippen LogP) is 3.35. The van der Waals surface area contributed by atoms with E-state index in [-0.39, 0.29) is 21.5 Å². The lowest BCUT2D eigenvalue weighted by atomic mass is 10.1. The summed E-state index contributed by atoms with van der Waals surface area (Å²) in [5.41, 5.74) is 0.513. The van der Waals surface area contributed by atoms with E-state index in [1.54, 1.807) is 6.92 Å². The first-order chi connectivity index (χ1) is 11.8. The first-order valence-corrected chi connectivity index (χ1v) is 7.78. The number of rotatable bonds is 3. The second kappa shape index (κ2) is 6.56. The van der Waals surface area contributed by atoms with E-state index in [4.69, 9.17) is 12.2 Å². The lowest BCUT2D eigenvalue weighted by Gasteiger charge is -2.15. The van der Waals surface area contributed by atoms with E-state index in [2.05, 4.69) is 15.3 Å². The van der Waals surface area contributed by atoms with Gasteiger partial charge in [-0.1, -0.05) is 6.07 Å². The van der Waals surface area contributed by atoms with Crippen LogP contribution in [0.15, 0.2) is 41.2 Å². The molecule has 0 spiro atoms. The molecule has 3 N–H and O–H groups in total. The van der Waals surface area contributed by atoms with Gasteiger partial charge in [0.15, 0.2) is 4.77 Å². The van der Waals surface area contributed by atoms with Crippen LogP contribution < -0.4 is 10.9 Å². The molecule has 0 fully saturated rings. The molecule has 1 amide bonds. The Hall–Kier alpha value is -2.87. The fraction of sp³-hybridized carbons (Fsp3) is 0.118. The van der Waals surface area contributed by atoms with E-state index >= 15 is 0 Å². The molecule has 0 aliphatic rings. The van der Waals surface area contributed by atoms with Crippen molar-refractivity contribution in [3.05, 3.63) is 74.3 Å². The van der Waals surface area contributed by atoms with Crippen LogP contribution in [0.2, 0.25) is 0 Å². The summed E-state index contributed by atoms with van der Waals surface area (Å²) in [6.07, 6.45) is 0. The molecule has 128 valence electrons. The third-order valence-electron chi connectivity index (χ3n) is 3.78. The highest BCUT2D eigenvalue weighted by Gasteiger charge is 2.16. The Kier molecular flexibility index (Phi) is 4.45. The molecule has 8 heteroatoms. The predicted molar refractivity (Wildman–Crippen MR) is 92.0 cm³/mol. The summed E-state index contributed by atoms with van der Waals surface area (Å²) in [6.45, 7) is 1.59. The standard InChI is InChI=1S/C17H13F2N3O2S/c1-8(11-5-3-10(18)7-13(11)19)20-15(23)9-2-4-12-14(6-9)21-17(25)22-16(12)24/h2-8H,1H3,(H,20,23)(H2,21,22,24,25). The molecule has 1 heterocycles. The van der Waals surface area contributed by atoms with Crippen molar-refractivity contribution in [3.8, 4) is 0 Å². The van der Waals surface area contributed by atoms with Gasteiger partial charge >= 0.3 is 0 Å². The Balaban J connectivity index is 1.89. The molecule has 1 aromatic heterocycles. The van der Waals surface area contributed by atoms with Gasteiger partial charge in [0.25, 0.3) is 11.5 Å². The molecule has 5 nitrogen and oxygen atoms in total. The molecule has 0 saturated carbocycles. The average Bonchev–Trinajstić information content (AvgIpc) is 2.53. The van der Waals surface area contributed by atoms with Crippen LogP contribution in [0.1, 0.15) is 28.9 Å². The van der Waals surface area contributed by atoms with E-state index in [0.29, 0.717) is 10.9 Å². The van der Waals surface area contributed by atoms with Crippen molar-refractivity contribution in [1.82, 2.24) is 15.3 Å². The molecular weight excluding hydrogens is 348 g/mol. The van der Waals surface area contributed by atoms with Gasteiger partial charge in [-0.2, -0.15) is 0 Å². The van der Waals surface area contributed by atoms with Gasteiger partial charge in [0.2, 0.25) is 0 Å². The number of H-pyrrole nitrogens is 2. The van der Waals surface area contributed by atoms with Gasteiger partial charge in [0.05, 0.1) is 16.9 Å². The molecule has 3 rings (SSSR count). The number of halogens is 2. The normalized spacial score (nSPS) is 12.1. The lowest BCUT2D eigenvalue weighted by molar-refractivity contribution is 0.0939. The summed E-state index contributed by atoms with van der Waals surface area (Å²) < 4.78 is 26.9. The number of amides is 1. The summed E-state index contributed by atoms with van der Waals surface area (Å²) in [5.74, 6) is -1.88. The van der Waals surface area contributed by atoms with Crippen molar-refractivity contribution < 1.29 is 13.6 Å². The smallest absolute Gasteiger partial charge is 0.259 e. The largest absolute Gasteiger partial charge is 0.345 e. The molecule has 3 aromatic rings. The van der Waals surface area contributed by atoms with Crippen LogP contribution in [0.4, 0.5) is 8.78 Å². The molecule has 0 aliphatic carbocycles. The number of hydrogen-bond donors (Lipinski definition) is 3. The molecule has 25 heavy (non-hydrogen) atoms. The van der Waals surface area contributed by atoms with Crippen molar-refractivity contribution in [2.24, 2.45) is 0 Å². The number of hydrogen-bond acceptors (Lipinski definition) is 3. The van der Waals surface area contributed by atoms with Crippen LogP contribution in [0.25, 0.3) is 10.9 Å². The summed E-state index contributed by atoms with van der Waals surface area (Å²) in [7, 11) is 0. The average molecular weight is 361 g/mol. The number of benzene rings is 2. The van der Waals surface area contributed by atoms with Crippen LogP contribution in [-0.4, -0.2) is 15.9 Å². The van der Waals surface area contributed by atoms with Crippen LogP contribution in [0.5, 0.6) is 0 Å². The van der Waals surface area contributed by atoms with Crippen LogP contribution >= 0.6 is 12.2 Å². The fourth-order valence-corrected chi connectivity index (χ4v) is 2.72. The topological polar surface area (TPSA) is 77.8 Å². The maximum Gasteiger partial charge on any atom is 0.259 e. The molecule has 0 aliphatic heterocycles. The van der Waals surface area contributed by atoms with Gasteiger partial charge < -0.3 is 10.3 Å². The summed E-state index contributed by atoms with van der Waals surface area (Å²) in [5, 5.41) is 3.00. The number of fused-ring (bicyclic) bond motifs is 1. The summed E-state index contributed by atoms with van der Waals surface area (Å²) in [4.78, 5) is 29.4. The zero-order valence-electron chi connectivity index (χ0n) is 13.0. The van der Waals surface area contributed by atoms with E-state index in [1.807, 2.05) is 0 Å². The van der Waals surface area contributed by atoms with Gasteiger partial charge in [-0.3, -0.25) is 14.6 Å². The quantitative estimate of drug-likeness (QED) is 0.626. The molecule has 0 saturated heterocycles. The fourth-order valence-electron chi connectivity index (χ4n) is 2.52. The van der Waals surface area contributed by atoms with Crippen LogP contribution in [-0.2, 0) is 0 Å². The third kappa shape index (κ3) is 3.48. The highest BCUT2D eigenvalue weighted by Crippen LogP contribution is 2.19. The Morgan fingerprint density at radius 2 is 1.92 bits per heavy atom. The molecule has 1 unspecified atom stereocenters. The number of carbonyl (C=O) groups excluding carboxylic acids is 1. The van der Waals surface area contributed by atoms with E-state index in [0.717, 1.165) is 12.1 Å². The highest BCUT2D eigenvalue weighted by molar-refractivity contribution is 7.71. The minimum Gasteiger partial charge on any atom is -0.345 e. The van der Waals surface area contributed by atoms with Gasteiger partial charge in [-0.25, -0.2) is 8.78 Å². The Morgan fingerprint density at radius 1 is 1.16 bits per heavy atom. The number of nitrogens with one attached hydrogen (secondary N) is 3. The number of carbonyl (C=O) groups is 1. The minimum absolute atomic E-state index is 0.150. The molecule has 2 aromatic carbocycles. The highest BCUT2D eigenvalue weighted by atomic mass is 32.1. The lowest BCUT2D eigenvalue weighted by Crippen LogP contribution is -2.27. The van der Waals surface area contributed by atoms with Crippen molar-refractivity contribution in [1.29, 1.82) is 0 Å². The number of aromatic nitrogens is 2. The van der Waals surface area contributed by atoms with E-state index < -0.39 is 23.6 Å². The van der Waals surface area contributed by atoms with E-state index in [1.165, 1.54) is 24.3 Å². The minimum atomic E-state index is -0.734. The zero-order chi connectivity index (χ0) is 18.1. The van der Waals surface area contributed by atoms with Gasteiger partial charge in [-0.05, 0) is 43.4 Å². The monoisotopic (exact) mass is 361 g/mol. The first kappa shape index (κ1) is 17.0. The molecule has 0 bridgehead atoms. The molecule has 0 radical (unpaired) electrons. The van der Waals surface area contributed by atoms with Crippen molar-refractivity contribution >= 4 is 29.0 Å². The SMILES string of the molecule is CC(NC(=O)c1ccc2c(=O)[nH]c(=S)[nH]c2c1)c1ccc(F)cc1F. The summed E-state index contributed by atoms with van der Waals surface area (Å²) >= 11 is 4.91. The van der Waals surface area contributed by atoms with Crippen molar-refractivity contribution in [2.75, 3.05) is 0 Å².